The van der Waals surface area contributed by atoms with Gasteiger partial charge in [0, 0.05) is 10.7 Å². The number of nitrogens with one attached hydrogen (secondary N) is 1. The zero-order valence-corrected chi connectivity index (χ0v) is 16.3. The first-order valence-electron chi connectivity index (χ1n) is 8.66. The number of halogens is 1. The molecule has 1 aliphatic rings. The molecular formula is C20H23BClNO3. The topological polar surface area (TPSA) is 47.6 Å². The third-order valence-electron chi connectivity index (χ3n) is 5.00. The first-order valence-corrected chi connectivity index (χ1v) is 9.04. The van der Waals surface area contributed by atoms with Crippen LogP contribution in [0.3, 0.4) is 0 Å². The van der Waals surface area contributed by atoms with Crippen LogP contribution in [0.15, 0.2) is 48.5 Å². The predicted octanol–water partition coefficient (Wildman–Crippen LogP) is 3.82. The van der Waals surface area contributed by atoms with Gasteiger partial charge in [0.15, 0.2) is 0 Å². The van der Waals surface area contributed by atoms with E-state index in [4.69, 9.17) is 20.9 Å². The van der Waals surface area contributed by atoms with Crippen molar-refractivity contribution in [1.29, 1.82) is 0 Å². The van der Waals surface area contributed by atoms with Gasteiger partial charge in [0.2, 0.25) is 5.91 Å². The molecule has 0 aliphatic carbocycles. The first kappa shape index (κ1) is 19.0. The van der Waals surface area contributed by atoms with Gasteiger partial charge in [-0.05, 0) is 63.0 Å². The highest BCUT2D eigenvalue weighted by Gasteiger charge is 2.51. The van der Waals surface area contributed by atoms with Gasteiger partial charge in [-0.25, -0.2) is 0 Å². The molecule has 0 unspecified atom stereocenters. The molecule has 1 heterocycles. The van der Waals surface area contributed by atoms with E-state index in [1.54, 1.807) is 12.1 Å². The fourth-order valence-corrected chi connectivity index (χ4v) is 2.82. The molecule has 2 aromatic rings. The summed E-state index contributed by atoms with van der Waals surface area (Å²) >= 11 is 5.86. The van der Waals surface area contributed by atoms with Crippen molar-refractivity contribution in [1.82, 2.24) is 0 Å². The van der Waals surface area contributed by atoms with Crippen LogP contribution in [0.25, 0.3) is 0 Å². The van der Waals surface area contributed by atoms with Crippen LogP contribution in [-0.4, -0.2) is 24.2 Å². The van der Waals surface area contributed by atoms with Gasteiger partial charge in [0.1, 0.15) is 0 Å². The Labute approximate surface area is 160 Å². The standard InChI is InChI=1S/C20H23BClNO3/c1-19(2)20(3,4)26-21(25-19)15-7-11-17(12-8-15)23-18(24)13-14-5-9-16(22)10-6-14/h5-12H,13H2,1-4H3,(H,23,24). The van der Waals surface area contributed by atoms with Gasteiger partial charge in [0.25, 0.3) is 0 Å². The molecule has 3 rings (SSSR count). The molecule has 6 heteroatoms. The molecule has 0 saturated carbocycles. The van der Waals surface area contributed by atoms with Crippen molar-refractivity contribution in [2.45, 2.75) is 45.3 Å². The quantitative estimate of drug-likeness (QED) is 0.831. The Morgan fingerprint density at radius 3 is 2.04 bits per heavy atom. The lowest BCUT2D eigenvalue weighted by Crippen LogP contribution is -2.41. The van der Waals surface area contributed by atoms with Crippen molar-refractivity contribution in [3.63, 3.8) is 0 Å². The normalized spacial score (nSPS) is 18.0. The van der Waals surface area contributed by atoms with E-state index in [1.807, 2.05) is 64.1 Å². The van der Waals surface area contributed by atoms with Gasteiger partial charge >= 0.3 is 7.12 Å². The lowest BCUT2D eigenvalue weighted by atomic mass is 9.79. The second-order valence-corrected chi connectivity index (χ2v) is 8.00. The Bertz CT molecular complexity index is 772. The summed E-state index contributed by atoms with van der Waals surface area (Å²) in [4.78, 5) is 12.2. The Kier molecular flexibility index (Phi) is 5.15. The molecule has 1 amide bonds. The molecule has 0 radical (unpaired) electrons. The summed E-state index contributed by atoms with van der Waals surface area (Å²) in [6, 6.07) is 14.8. The smallest absolute Gasteiger partial charge is 0.399 e. The SMILES string of the molecule is CC1(C)OB(c2ccc(NC(=O)Cc3ccc(Cl)cc3)cc2)OC1(C)C. The summed E-state index contributed by atoms with van der Waals surface area (Å²) in [5.74, 6) is -0.0734. The summed E-state index contributed by atoms with van der Waals surface area (Å²) in [5, 5.41) is 3.56. The van der Waals surface area contributed by atoms with Gasteiger partial charge < -0.3 is 14.6 Å². The average molecular weight is 372 g/mol. The minimum Gasteiger partial charge on any atom is -0.399 e. The van der Waals surface area contributed by atoms with Gasteiger partial charge in [-0.1, -0.05) is 35.9 Å². The number of carbonyl (C=O) groups excluding carboxylic acids is 1. The van der Waals surface area contributed by atoms with Gasteiger partial charge in [-0.2, -0.15) is 0 Å². The Morgan fingerprint density at radius 2 is 1.50 bits per heavy atom. The van der Waals surface area contributed by atoms with Gasteiger partial charge in [-0.3, -0.25) is 4.79 Å². The largest absolute Gasteiger partial charge is 0.494 e. The molecule has 136 valence electrons. The van der Waals surface area contributed by atoms with Crippen LogP contribution < -0.4 is 10.8 Å². The van der Waals surface area contributed by atoms with E-state index in [0.29, 0.717) is 11.4 Å². The number of hydrogen-bond acceptors (Lipinski definition) is 3. The molecule has 4 nitrogen and oxygen atoms in total. The number of carbonyl (C=O) groups is 1. The number of rotatable bonds is 4. The van der Waals surface area contributed by atoms with E-state index in [1.165, 1.54) is 0 Å². The lowest BCUT2D eigenvalue weighted by molar-refractivity contribution is -0.115. The Morgan fingerprint density at radius 1 is 0.962 bits per heavy atom. The van der Waals surface area contributed by atoms with Crippen molar-refractivity contribution in [3.8, 4) is 0 Å². The van der Waals surface area contributed by atoms with Crippen LogP contribution in [0.5, 0.6) is 0 Å². The van der Waals surface area contributed by atoms with Crippen molar-refractivity contribution < 1.29 is 14.1 Å². The number of anilines is 1. The molecule has 1 saturated heterocycles. The summed E-state index contributed by atoms with van der Waals surface area (Å²) in [6.45, 7) is 8.10. The minimum atomic E-state index is -0.404. The molecule has 0 bridgehead atoms. The monoisotopic (exact) mass is 371 g/mol. The van der Waals surface area contributed by atoms with Crippen LogP contribution in [0.2, 0.25) is 5.02 Å². The van der Waals surface area contributed by atoms with Crippen molar-refractivity contribution >= 4 is 35.8 Å². The van der Waals surface area contributed by atoms with Crippen LogP contribution in [0.4, 0.5) is 5.69 Å². The van der Waals surface area contributed by atoms with Crippen LogP contribution in [0.1, 0.15) is 33.3 Å². The fourth-order valence-electron chi connectivity index (χ4n) is 2.70. The fraction of sp³-hybridized carbons (Fsp3) is 0.350. The maximum Gasteiger partial charge on any atom is 0.494 e. The molecule has 0 aromatic heterocycles. The van der Waals surface area contributed by atoms with Gasteiger partial charge in [-0.15, -0.1) is 0 Å². The van der Waals surface area contributed by atoms with E-state index < -0.39 is 7.12 Å². The zero-order chi connectivity index (χ0) is 18.9. The van der Waals surface area contributed by atoms with E-state index in [-0.39, 0.29) is 17.1 Å². The number of amides is 1. The van der Waals surface area contributed by atoms with Crippen molar-refractivity contribution in [2.24, 2.45) is 0 Å². The average Bonchev–Trinajstić information content (AvgIpc) is 2.78. The molecule has 2 aromatic carbocycles. The zero-order valence-electron chi connectivity index (χ0n) is 15.5. The first-order chi connectivity index (χ1) is 12.2. The molecule has 1 N–H and O–H groups in total. The third-order valence-corrected chi connectivity index (χ3v) is 5.25. The third kappa shape index (κ3) is 4.12. The maximum absolute atomic E-state index is 12.2. The summed E-state index contributed by atoms with van der Waals surface area (Å²) in [5.41, 5.74) is 1.84. The van der Waals surface area contributed by atoms with Crippen LogP contribution >= 0.6 is 11.6 Å². The number of benzene rings is 2. The maximum atomic E-state index is 12.2. The molecular weight excluding hydrogens is 348 g/mol. The van der Waals surface area contributed by atoms with Crippen molar-refractivity contribution in [2.75, 3.05) is 5.32 Å². The van der Waals surface area contributed by atoms with Crippen molar-refractivity contribution in [3.05, 3.63) is 59.1 Å². The van der Waals surface area contributed by atoms with E-state index in [2.05, 4.69) is 5.32 Å². The van der Waals surface area contributed by atoms with E-state index in [9.17, 15) is 4.79 Å². The highest BCUT2D eigenvalue weighted by Crippen LogP contribution is 2.36. The summed E-state index contributed by atoms with van der Waals surface area (Å²) in [7, 11) is -0.404. The lowest BCUT2D eigenvalue weighted by Gasteiger charge is -2.32. The number of hydrogen-bond donors (Lipinski definition) is 1. The molecule has 26 heavy (non-hydrogen) atoms. The predicted molar refractivity (Wildman–Crippen MR) is 106 cm³/mol. The molecule has 0 atom stereocenters. The highest BCUT2D eigenvalue weighted by molar-refractivity contribution is 6.62. The van der Waals surface area contributed by atoms with E-state index >= 15 is 0 Å². The highest BCUT2D eigenvalue weighted by atomic mass is 35.5. The molecule has 1 aliphatic heterocycles. The Balaban J connectivity index is 1.61. The van der Waals surface area contributed by atoms with Crippen LogP contribution in [0, 0.1) is 0 Å². The summed E-state index contributed by atoms with van der Waals surface area (Å²) < 4.78 is 12.1. The van der Waals surface area contributed by atoms with Gasteiger partial charge in [0.05, 0.1) is 17.6 Å². The second kappa shape index (κ2) is 7.07. The second-order valence-electron chi connectivity index (χ2n) is 7.56. The molecule has 0 spiro atoms. The Hall–Kier alpha value is -1.82. The summed E-state index contributed by atoms with van der Waals surface area (Å²) in [6.07, 6.45) is 0.302. The van der Waals surface area contributed by atoms with E-state index in [0.717, 1.165) is 16.7 Å². The minimum absolute atomic E-state index is 0.0734. The molecule has 1 fully saturated rings. The van der Waals surface area contributed by atoms with Crippen LogP contribution in [-0.2, 0) is 20.5 Å².